The van der Waals surface area contributed by atoms with E-state index >= 15 is 0 Å². The fourth-order valence-electron chi connectivity index (χ4n) is 2.95. The fourth-order valence-corrected chi connectivity index (χ4v) is 3.12. The number of para-hydroxylation sites is 1. The molecule has 2 amide bonds. The monoisotopic (exact) mass is 372 g/mol. The molecule has 4 nitrogen and oxygen atoms in total. The van der Waals surface area contributed by atoms with Gasteiger partial charge in [0.15, 0.2) is 0 Å². The van der Waals surface area contributed by atoms with Gasteiger partial charge in [0.05, 0.1) is 0 Å². The summed E-state index contributed by atoms with van der Waals surface area (Å²) in [6.45, 7) is 7.70. The Morgan fingerprint density at radius 1 is 1.12 bits per heavy atom. The van der Waals surface area contributed by atoms with Gasteiger partial charge in [-0.1, -0.05) is 42.8 Å². The van der Waals surface area contributed by atoms with Crippen LogP contribution in [0.25, 0.3) is 0 Å². The van der Waals surface area contributed by atoms with Crippen LogP contribution >= 0.6 is 11.6 Å². The standard InChI is InChI=1S/C21H25ClN2O2/c1-5-17-9-6-8-14(2)21(17)23-20(26)12-13-24(16(4)25)19-11-7-10-18(22)15(19)3/h6-11H,5,12-13H2,1-4H3,(H,23,26). The van der Waals surface area contributed by atoms with Gasteiger partial charge in [0.25, 0.3) is 0 Å². The predicted molar refractivity (Wildman–Crippen MR) is 108 cm³/mol. The van der Waals surface area contributed by atoms with Gasteiger partial charge in [-0.25, -0.2) is 0 Å². The maximum absolute atomic E-state index is 12.5. The molecule has 26 heavy (non-hydrogen) atoms. The molecular formula is C21H25ClN2O2. The molecule has 2 rings (SSSR count). The van der Waals surface area contributed by atoms with Crippen molar-refractivity contribution in [2.24, 2.45) is 0 Å². The molecule has 0 radical (unpaired) electrons. The number of hydrogen-bond donors (Lipinski definition) is 1. The molecule has 0 saturated heterocycles. The van der Waals surface area contributed by atoms with E-state index in [-0.39, 0.29) is 18.2 Å². The summed E-state index contributed by atoms with van der Waals surface area (Å²) in [5, 5.41) is 3.60. The summed E-state index contributed by atoms with van der Waals surface area (Å²) in [4.78, 5) is 26.1. The minimum absolute atomic E-state index is 0.111. The van der Waals surface area contributed by atoms with Crippen molar-refractivity contribution >= 4 is 34.8 Å². The third kappa shape index (κ3) is 4.64. The number of halogens is 1. The van der Waals surface area contributed by atoms with Crippen LogP contribution in [0.3, 0.4) is 0 Å². The number of nitrogens with zero attached hydrogens (tertiary/aromatic N) is 1. The number of nitrogens with one attached hydrogen (secondary N) is 1. The lowest BCUT2D eigenvalue weighted by atomic mass is 10.1. The minimum Gasteiger partial charge on any atom is -0.326 e. The number of amides is 2. The van der Waals surface area contributed by atoms with E-state index in [1.165, 1.54) is 6.92 Å². The molecule has 2 aromatic carbocycles. The Hall–Kier alpha value is -2.33. The molecule has 0 aromatic heterocycles. The van der Waals surface area contributed by atoms with Gasteiger partial charge in [-0.3, -0.25) is 9.59 Å². The second-order valence-corrected chi connectivity index (χ2v) is 6.72. The van der Waals surface area contributed by atoms with E-state index in [0.717, 1.165) is 34.5 Å². The third-order valence-electron chi connectivity index (χ3n) is 4.48. The van der Waals surface area contributed by atoms with Crippen LogP contribution in [0.5, 0.6) is 0 Å². The number of aryl methyl sites for hydroxylation is 2. The lowest BCUT2D eigenvalue weighted by molar-refractivity contribution is -0.117. The molecule has 0 aliphatic carbocycles. The molecule has 0 atom stereocenters. The summed E-state index contributed by atoms with van der Waals surface area (Å²) in [5.74, 6) is -0.228. The van der Waals surface area contributed by atoms with Crippen LogP contribution in [-0.2, 0) is 16.0 Å². The van der Waals surface area contributed by atoms with Crippen molar-refractivity contribution in [3.8, 4) is 0 Å². The molecule has 5 heteroatoms. The Bertz CT molecular complexity index is 818. The second-order valence-electron chi connectivity index (χ2n) is 6.32. The van der Waals surface area contributed by atoms with Crippen molar-refractivity contribution in [3.05, 3.63) is 58.1 Å². The van der Waals surface area contributed by atoms with Gasteiger partial charge in [-0.15, -0.1) is 0 Å². The molecule has 1 N–H and O–H groups in total. The van der Waals surface area contributed by atoms with Crippen LogP contribution in [0.15, 0.2) is 36.4 Å². The van der Waals surface area contributed by atoms with Gasteiger partial charge in [0, 0.05) is 36.3 Å². The van der Waals surface area contributed by atoms with E-state index in [4.69, 9.17) is 11.6 Å². The van der Waals surface area contributed by atoms with Crippen LogP contribution < -0.4 is 10.2 Å². The summed E-state index contributed by atoms with van der Waals surface area (Å²) < 4.78 is 0. The molecule has 0 bridgehead atoms. The highest BCUT2D eigenvalue weighted by Crippen LogP contribution is 2.27. The van der Waals surface area contributed by atoms with E-state index in [9.17, 15) is 9.59 Å². The topological polar surface area (TPSA) is 49.4 Å². The van der Waals surface area contributed by atoms with Gasteiger partial charge in [-0.05, 0) is 49.1 Å². The number of anilines is 2. The van der Waals surface area contributed by atoms with E-state index < -0.39 is 0 Å². The zero-order valence-electron chi connectivity index (χ0n) is 15.7. The van der Waals surface area contributed by atoms with Crippen LogP contribution in [0.1, 0.15) is 37.0 Å². The van der Waals surface area contributed by atoms with Crippen molar-refractivity contribution < 1.29 is 9.59 Å². The van der Waals surface area contributed by atoms with Crippen LogP contribution in [0.2, 0.25) is 5.02 Å². The number of rotatable bonds is 6. The Balaban J connectivity index is 2.12. The van der Waals surface area contributed by atoms with Gasteiger partial charge in [0.2, 0.25) is 11.8 Å². The minimum atomic E-state index is -0.117. The van der Waals surface area contributed by atoms with Gasteiger partial charge in [-0.2, -0.15) is 0 Å². The van der Waals surface area contributed by atoms with Crippen LogP contribution in [0, 0.1) is 13.8 Å². The third-order valence-corrected chi connectivity index (χ3v) is 4.89. The highest BCUT2D eigenvalue weighted by Gasteiger charge is 2.17. The average Bonchev–Trinajstić information content (AvgIpc) is 2.60. The van der Waals surface area contributed by atoms with E-state index in [1.54, 1.807) is 11.0 Å². The molecule has 0 saturated carbocycles. The van der Waals surface area contributed by atoms with Crippen molar-refractivity contribution in [2.45, 2.75) is 40.5 Å². The summed E-state index contributed by atoms with van der Waals surface area (Å²) in [5.41, 5.74) is 4.58. The van der Waals surface area contributed by atoms with Gasteiger partial charge >= 0.3 is 0 Å². The first-order valence-electron chi connectivity index (χ1n) is 8.76. The Morgan fingerprint density at radius 3 is 2.46 bits per heavy atom. The molecule has 138 valence electrons. The summed E-state index contributed by atoms with van der Waals surface area (Å²) >= 11 is 6.17. The molecule has 0 fully saturated rings. The van der Waals surface area contributed by atoms with Crippen LogP contribution in [0.4, 0.5) is 11.4 Å². The molecule has 0 heterocycles. The molecular weight excluding hydrogens is 348 g/mol. The fraction of sp³-hybridized carbons (Fsp3) is 0.333. The molecule has 0 unspecified atom stereocenters. The average molecular weight is 373 g/mol. The SMILES string of the molecule is CCc1cccc(C)c1NC(=O)CCN(C(C)=O)c1cccc(Cl)c1C. The zero-order chi connectivity index (χ0) is 19.3. The number of carbonyl (C=O) groups excluding carboxylic acids is 2. The first kappa shape index (κ1) is 20.0. The molecule has 0 aliphatic heterocycles. The Labute approximate surface area is 160 Å². The molecule has 0 aliphatic rings. The highest BCUT2D eigenvalue weighted by molar-refractivity contribution is 6.31. The Kier molecular flexibility index (Phi) is 6.81. The zero-order valence-corrected chi connectivity index (χ0v) is 16.5. The van der Waals surface area contributed by atoms with Crippen LogP contribution in [-0.4, -0.2) is 18.4 Å². The number of hydrogen-bond acceptors (Lipinski definition) is 2. The highest BCUT2D eigenvalue weighted by atomic mass is 35.5. The molecule has 0 spiro atoms. The quantitative estimate of drug-likeness (QED) is 0.783. The maximum Gasteiger partial charge on any atom is 0.226 e. The lowest BCUT2D eigenvalue weighted by Gasteiger charge is -2.23. The first-order valence-corrected chi connectivity index (χ1v) is 9.14. The molecule has 2 aromatic rings. The van der Waals surface area contributed by atoms with Crippen molar-refractivity contribution in [2.75, 3.05) is 16.8 Å². The smallest absolute Gasteiger partial charge is 0.226 e. The predicted octanol–water partition coefficient (Wildman–Crippen LogP) is 4.90. The maximum atomic E-state index is 12.5. The van der Waals surface area contributed by atoms with E-state index in [1.807, 2.05) is 44.2 Å². The van der Waals surface area contributed by atoms with Gasteiger partial charge < -0.3 is 10.2 Å². The first-order chi connectivity index (χ1) is 12.3. The Morgan fingerprint density at radius 2 is 1.81 bits per heavy atom. The van der Waals surface area contributed by atoms with E-state index in [0.29, 0.717) is 11.6 Å². The van der Waals surface area contributed by atoms with Crippen molar-refractivity contribution in [3.63, 3.8) is 0 Å². The normalized spacial score (nSPS) is 10.5. The second kappa shape index (κ2) is 8.86. The van der Waals surface area contributed by atoms with Gasteiger partial charge in [0.1, 0.15) is 0 Å². The largest absolute Gasteiger partial charge is 0.326 e. The van der Waals surface area contributed by atoms with Crippen molar-refractivity contribution in [1.82, 2.24) is 0 Å². The summed E-state index contributed by atoms with van der Waals surface area (Å²) in [7, 11) is 0. The lowest BCUT2D eigenvalue weighted by Crippen LogP contribution is -2.32. The number of benzene rings is 2. The summed E-state index contributed by atoms with van der Waals surface area (Å²) in [6.07, 6.45) is 1.06. The van der Waals surface area contributed by atoms with E-state index in [2.05, 4.69) is 12.2 Å². The number of carbonyl (C=O) groups is 2. The summed E-state index contributed by atoms with van der Waals surface area (Å²) in [6, 6.07) is 11.4. The van der Waals surface area contributed by atoms with Crippen molar-refractivity contribution in [1.29, 1.82) is 0 Å².